The molecule has 0 bridgehead atoms. The Morgan fingerprint density at radius 1 is 1.19 bits per heavy atom. The van der Waals surface area contributed by atoms with Crippen molar-refractivity contribution < 1.29 is 22.5 Å². The highest BCUT2D eigenvalue weighted by Gasteiger charge is 2.17. The third-order valence-corrected chi connectivity index (χ3v) is 5.82. The molecule has 0 fully saturated rings. The lowest BCUT2D eigenvalue weighted by atomic mass is 10.2. The lowest BCUT2D eigenvalue weighted by Gasteiger charge is -2.18. The van der Waals surface area contributed by atoms with Crippen LogP contribution in [-0.2, 0) is 21.4 Å². The Morgan fingerprint density at radius 3 is 2.45 bits per heavy atom. The van der Waals surface area contributed by atoms with Gasteiger partial charge in [0.25, 0.3) is 5.91 Å². The minimum absolute atomic E-state index is 0.0468. The van der Waals surface area contributed by atoms with Crippen LogP contribution >= 0.6 is 11.6 Å². The number of nitrogens with one attached hydrogen (secondary N) is 1. The van der Waals surface area contributed by atoms with Crippen LogP contribution in [0.2, 0.25) is 5.02 Å². The number of halogens is 1. The molecule has 1 aromatic heterocycles. The van der Waals surface area contributed by atoms with E-state index in [9.17, 15) is 13.2 Å². The number of ether oxygens (including phenoxy) is 1. The number of rotatable bonds is 8. The van der Waals surface area contributed by atoms with E-state index in [-0.39, 0.29) is 18.3 Å². The summed E-state index contributed by atoms with van der Waals surface area (Å²) in [7, 11) is -1.90. The van der Waals surface area contributed by atoms with Gasteiger partial charge in [0.2, 0.25) is 21.7 Å². The van der Waals surface area contributed by atoms with Crippen molar-refractivity contribution >= 4 is 33.2 Å². The topological polar surface area (TPSA) is 115 Å². The second-order valence-corrected chi connectivity index (χ2v) is 9.17. The number of sulfonamides is 1. The minimum atomic E-state index is -3.35. The van der Waals surface area contributed by atoms with E-state index in [1.165, 1.54) is 7.05 Å². The van der Waals surface area contributed by atoms with Crippen LogP contribution in [0.3, 0.4) is 0 Å². The number of carbonyl (C=O) groups excluding carboxylic acids is 1. The molecule has 0 aliphatic carbocycles. The standard InChI is InChI=1S/C20H21ClN4O5S/c1-13(29-17-10-8-16(9-11-17)25(2)31(3,27)28)20(26)22-12-18-23-19(24-30-18)14-4-6-15(21)7-5-14/h4-11,13H,12H2,1-3H3,(H,22,26). The summed E-state index contributed by atoms with van der Waals surface area (Å²) < 4.78 is 35.1. The Hall–Kier alpha value is -3.11. The second kappa shape index (κ2) is 9.36. The maximum atomic E-state index is 12.3. The number of amides is 1. The number of aromatic nitrogens is 2. The third kappa shape index (κ3) is 5.96. The Kier molecular flexibility index (Phi) is 6.81. The van der Waals surface area contributed by atoms with Crippen LogP contribution in [0.1, 0.15) is 12.8 Å². The molecule has 11 heteroatoms. The Morgan fingerprint density at radius 2 is 1.84 bits per heavy atom. The zero-order chi connectivity index (χ0) is 22.6. The van der Waals surface area contributed by atoms with Crippen LogP contribution < -0.4 is 14.4 Å². The molecule has 0 spiro atoms. The van der Waals surface area contributed by atoms with Crippen molar-refractivity contribution in [2.24, 2.45) is 0 Å². The first-order valence-corrected chi connectivity index (χ1v) is 11.4. The summed E-state index contributed by atoms with van der Waals surface area (Å²) in [6.07, 6.45) is 0.322. The van der Waals surface area contributed by atoms with E-state index in [0.29, 0.717) is 22.3 Å². The van der Waals surface area contributed by atoms with Crippen LogP contribution in [-0.4, -0.2) is 43.9 Å². The van der Waals surface area contributed by atoms with Crippen LogP contribution in [0.5, 0.6) is 5.75 Å². The van der Waals surface area contributed by atoms with Gasteiger partial charge in [0.1, 0.15) is 5.75 Å². The summed E-state index contributed by atoms with van der Waals surface area (Å²) in [5.74, 6) is 0.697. The third-order valence-electron chi connectivity index (χ3n) is 4.36. The highest BCUT2D eigenvalue weighted by molar-refractivity contribution is 7.92. The van der Waals surface area contributed by atoms with Gasteiger partial charge in [-0.3, -0.25) is 9.10 Å². The van der Waals surface area contributed by atoms with Gasteiger partial charge in [-0.25, -0.2) is 8.42 Å². The van der Waals surface area contributed by atoms with Gasteiger partial charge in [-0.2, -0.15) is 4.98 Å². The quantitative estimate of drug-likeness (QED) is 0.545. The number of benzene rings is 2. The Labute approximate surface area is 185 Å². The lowest BCUT2D eigenvalue weighted by molar-refractivity contribution is -0.127. The molecule has 1 amide bonds. The van der Waals surface area contributed by atoms with Crippen molar-refractivity contribution in [3.63, 3.8) is 0 Å². The van der Waals surface area contributed by atoms with Crippen molar-refractivity contribution in [3.05, 3.63) is 59.4 Å². The van der Waals surface area contributed by atoms with Gasteiger partial charge in [0.05, 0.1) is 18.5 Å². The van der Waals surface area contributed by atoms with E-state index in [0.717, 1.165) is 16.1 Å². The Bertz CT molecular complexity index is 1150. The monoisotopic (exact) mass is 464 g/mol. The molecule has 0 radical (unpaired) electrons. The highest BCUT2D eigenvalue weighted by Crippen LogP contribution is 2.21. The predicted octanol–water partition coefficient (Wildman–Crippen LogP) is 2.87. The molecule has 3 aromatic rings. The molecule has 1 atom stereocenters. The predicted molar refractivity (Wildman–Crippen MR) is 116 cm³/mol. The summed E-state index contributed by atoms with van der Waals surface area (Å²) in [5.41, 5.74) is 1.23. The molecule has 0 aliphatic heterocycles. The average molecular weight is 465 g/mol. The summed E-state index contributed by atoms with van der Waals surface area (Å²) >= 11 is 5.87. The smallest absolute Gasteiger partial charge is 0.261 e. The summed E-state index contributed by atoms with van der Waals surface area (Å²) in [4.78, 5) is 16.6. The summed E-state index contributed by atoms with van der Waals surface area (Å²) in [6, 6.07) is 13.4. The van der Waals surface area contributed by atoms with Crippen molar-refractivity contribution in [1.29, 1.82) is 0 Å². The first-order valence-electron chi connectivity index (χ1n) is 9.20. The van der Waals surface area contributed by atoms with Gasteiger partial charge < -0.3 is 14.6 Å². The fourth-order valence-electron chi connectivity index (χ4n) is 2.53. The molecule has 0 aliphatic rings. The fourth-order valence-corrected chi connectivity index (χ4v) is 3.16. The van der Waals surface area contributed by atoms with E-state index in [1.807, 2.05) is 0 Å². The van der Waals surface area contributed by atoms with E-state index in [4.69, 9.17) is 20.9 Å². The fraction of sp³-hybridized carbons (Fsp3) is 0.250. The van der Waals surface area contributed by atoms with Crippen LogP contribution in [0.25, 0.3) is 11.4 Å². The number of hydrogen-bond donors (Lipinski definition) is 1. The van der Waals surface area contributed by atoms with Crippen molar-refractivity contribution in [2.75, 3.05) is 17.6 Å². The molecule has 0 saturated heterocycles. The highest BCUT2D eigenvalue weighted by atomic mass is 35.5. The molecule has 1 unspecified atom stereocenters. The number of nitrogens with zero attached hydrogens (tertiary/aromatic N) is 3. The maximum Gasteiger partial charge on any atom is 0.261 e. The van der Waals surface area contributed by atoms with E-state index >= 15 is 0 Å². The van der Waals surface area contributed by atoms with Gasteiger partial charge >= 0.3 is 0 Å². The van der Waals surface area contributed by atoms with E-state index in [1.54, 1.807) is 55.5 Å². The number of anilines is 1. The normalized spacial score (nSPS) is 12.3. The molecular formula is C20H21ClN4O5S. The van der Waals surface area contributed by atoms with Crippen LogP contribution in [0.4, 0.5) is 5.69 Å². The molecule has 9 nitrogen and oxygen atoms in total. The van der Waals surface area contributed by atoms with Gasteiger partial charge in [0, 0.05) is 17.6 Å². The number of hydrogen-bond acceptors (Lipinski definition) is 7. The molecule has 1 N–H and O–H groups in total. The molecule has 0 saturated carbocycles. The molecule has 3 rings (SSSR count). The Balaban J connectivity index is 1.53. The second-order valence-electron chi connectivity index (χ2n) is 6.72. The SMILES string of the molecule is CC(Oc1ccc(N(C)S(C)(=O)=O)cc1)C(=O)NCc1nc(-c2ccc(Cl)cc2)no1. The summed E-state index contributed by atoms with van der Waals surface area (Å²) in [6.45, 7) is 1.64. The first-order chi connectivity index (χ1) is 14.6. The molecule has 31 heavy (non-hydrogen) atoms. The average Bonchev–Trinajstić information content (AvgIpc) is 3.21. The lowest BCUT2D eigenvalue weighted by Crippen LogP contribution is -2.36. The zero-order valence-corrected chi connectivity index (χ0v) is 18.6. The zero-order valence-electron chi connectivity index (χ0n) is 17.1. The van der Waals surface area contributed by atoms with Crippen LogP contribution in [0, 0.1) is 0 Å². The maximum absolute atomic E-state index is 12.3. The van der Waals surface area contributed by atoms with Crippen molar-refractivity contribution in [1.82, 2.24) is 15.5 Å². The van der Waals surface area contributed by atoms with E-state index in [2.05, 4.69) is 15.5 Å². The van der Waals surface area contributed by atoms with Crippen molar-refractivity contribution in [2.45, 2.75) is 19.6 Å². The minimum Gasteiger partial charge on any atom is -0.481 e. The first kappa shape index (κ1) is 22.6. The molecular weight excluding hydrogens is 444 g/mol. The molecule has 1 heterocycles. The molecule has 164 valence electrons. The molecule has 2 aromatic carbocycles. The van der Waals surface area contributed by atoms with Crippen molar-refractivity contribution in [3.8, 4) is 17.1 Å². The number of carbonyl (C=O) groups is 1. The van der Waals surface area contributed by atoms with Gasteiger partial charge in [0.15, 0.2) is 6.10 Å². The largest absolute Gasteiger partial charge is 0.481 e. The van der Waals surface area contributed by atoms with Gasteiger partial charge in [-0.15, -0.1) is 0 Å². The van der Waals surface area contributed by atoms with Gasteiger partial charge in [-0.05, 0) is 55.5 Å². The van der Waals surface area contributed by atoms with E-state index < -0.39 is 16.1 Å². The summed E-state index contributed by atoms with van der Waals surface area (Å²) in [5, 5.41) is 7.16. The van der Waals surface area contributed by atoms with Gasteiger partial charge in [-0.1, -0.05) is 16.8 Å². The van der Waals surface area contributed by atoms with Crippen LogP contribution in [0.15, 0.2) is 53.1 Å².